The van der Waals surface area contributed by atoms with Gasteiger partial charge in [-0.3, -0.25) is 0 Å². The molecular weight excluding hydrogens is 1100 g/mol. The molecule has 14 aromatic carbocycles. The van der Waals surface area contributed by atoms with E-state index in [1.165, 1.54) is 122 Å². The predicted molar refractivity (Wildman–Crippen MR) is 379 cm³/mol. The summed E-state index contributed by atoms with van der Waals surface area (Å²) in [5, 5.41) is 7.22. The molecule has 17 aromatic rings. The Morgan fingerprint density at radius 3 is 1.47 bits per heavy atom. The van der Waals surface area contributed by atoms with E-state index in [2.05, 4.69) is 332 Å². The summed E-state index contributed by atoms with van der Waals surface area (Å²) in [7, 11) is 0. The van der Waals surface area contributed by atoms with Gasteiger partial charge in [0.15, 0.2) is 0 Å². The molecule has 0 amide bonds. The molecule has 0 saturated carbocycles. The molecule has 426 valence electrons. The third-order valence-electron chi connectivity index (χ3n) is 20.4. The van der Waals surface area contributed by atoms with Crippen molar-refractivity contribution >= 4 is 65.6 Å². The minimum atomic E-state index is -0.533. The summed E-state index contributed by atoms with van der Waals surface area (Å²) in [5.74, 6) is 0. The first kappa shape index (κ1) is 51.5. The van der Waals surface area contributed by atoms with Gasteiger partial charge in [-0.1, -0.05) is 257 Å². The molecule has 0 unspecified atom stereocenters. The first-order valence-corrected chi connectivity index (χ1v) is 31.7. The molecular formula is C88H58N2O. The van der Waals surface area contributed by atoms with Crippen molar-refractivity contribution in [1.29, 1.82) is 0 Å². The molecule has 3 aromatic heterocycles. The zero-order valence-corrected chi connectivity index (χ0v) is 50.3. The van der Waals surface area contributed by atoms with Crippen LogP contribution in [0.15, 0.2) is 320 Å². The van der Waals surface area contributed by atoms with Crippen molar-refractivity contribution in [3.8, 4) is 78.1 Å². The van der Waals surface area contributed by atoms with Gasteiger partial charge in [0.1, 0.15) is 11.2 Å². The fourth-order valence-electron chi connectivity index (χ4n) is 16.3. The van der Waals surface area contributed by atoms with Gasteiger partial charge in [0.2, 0.25) is 0 Å². The Hall–Kier alpha value is -11.5. The van der Waals surface area contributed by atoms with Gasteiger partial charge in [-0.15, -0.1) is 0 Å². The van der Waals surface area contributed by atoms with Crippen LogP contribution >= 0.6 is 0 Å². The SMILES string of the molecule is CC1(C)c2cc3c(cc2-c2c(-c4ccc(-c5cc(-c6ccccc6)cc(-n6c7ccccc7c7cc8c(cc76)C(c6ccccc6)(c6ccccc6)c6ccccc6-8)c5)cc4)cccc21)c1ccccc1n3-c1cccc(-c2cccc3c2oc2ccccc23)c1. The van der Waals surface area contributed by atoms with E-state index in [-0.39, 0.29) is 5.41 Å². The van der Waals surface area contributed by atoms with Gasteiger partial charge in [-0.2, -0.15) is 0 Å². The van der Waals surface area contributed by atoms with Gasteiger partial charge in [-0.25, -0.2) is 0 Å². The minimum absolute atomic E-state index is 0.259. The average Bonchev–Trinajstić information content (AvgIpc) is 1.54. The van der Waals surface area contributed by atoms with Crippen LogP contribution in [0.4, 0.5) is 0 Å². The smallest absolute Gasteiger partial charge is 0.143 e. The molecule has 0 spiro atoms. The number of fused-ring (bicyclic) bond motifs is 15. The molecule has 0 aliphatic heterocycles. The Labute approximate surface area is 527 Å². The van der Waals surface area contributed by atoms with E-state index >= 15 is 0 Å². The van der Waals surface area contributed by atoms with Crippen LogP contribution in [0, 0.1) is 0 Å². The van der Waals surface area contributed by atoms with Crippen LogP contribution in [0.5, 0.6) is 0 Å². The molecule has 0 bridgehead atoms. The summed E-state index contributed by atoms with van der Waals surface area (Å²) in [6.07, 6.45) is 0. The predicted octanol–water partition coefficient (Wildman–Crippen LogP) is 23.1. The maximum Gasteiger partial charge on any atom is 0.143 e. The van der Waals surface area contributed by atoms with Crippen molar-refractivity contribution < 1.29 is 4.42 Å². The summed E-state index contributed by atoms with van der Waals surface area (Å²) in [5.41, 5.74) is 30.3. The number of aromatic nitrogens is 2. The average molecular weight is 1160 g/mol. The van der Waals surface area contributed by atoms with Crippen LogP contribution in [0.1, 0.15) is 47.2 Å². The molecule has 91 heavy (non-hydrogen) atoms. The monoisotopic (exact) mass is 1160 g/mol. The lowest BCUT2D eigenvalue weighted by molar-refractivity contribution is 0.661. The van der Waals surface area contributed by atoms with Crippen LogP contribution in [0.25, 0.3) is 144 Å². The molecule has 2 aliphatic carbocycles. The molecule has 0 radical (unpaired) electrons. The van der Waals surface area contributed by atoms with E-state index in [1.807, 2.05) is 6.07 Å². The Bertz CT molecular complexity index is 5800. The molecule has 2 aliphatic rings. The van der Waals surface area contributed by atoms with E-state index in [0.29, 0.717) is 0 Å². The fourth-order valence-corrected chi connectivity index (χ4v) is 16.3. The fraction of sp³-hybridized carbons (Fsp3) is 0.0455. The van der Waals surface area contributed by atoms with Crippen molar-refractivity contribution in [1.82, 2.24) is 9.13 Å². The molecule has 0 fully saturated rings. The number of rotatable bonds is 8. The third kappa shape index (κ3) is 7.43. The standard InChI is InChI=1S/C88H58N2O/c1-87(2)77-39-22-35-65(85(77)75-52-74-69-33-13-17-40-80(69)89(82(74)53-78(75)87)63-30-20-25-58(48-63)66-36-21-37-71-70-34-15-19-42-84(70)91-86(66)71)57-45-43-56(44-46-57)60-47-59(55-23-6-3-7-24-55)49-64(50-60)90-81-41-18-14-32-68(81)73-51-72-67-31-12-16-38-76(67)88(79(72)54-83(73)90,61-26-8-4-9-27-61)62-28-10-5-11-29-62/h3-54H,1-2H3. The summed E-state index contributed by atoms with van der Waals surface area (Å²) in [4.78, 5) is 0. The largest absolute Gasteiger partial charge is 0.455 e. The number of hydrogen-bond acceptors (Lipinski definition) is 1. The van der Waals surface area contributed by atoms with Gasteiger partial charge in [0, 0.05) is 54.7 Å². The first-order chi connectivity index (χ1) is 44.9. The highest BCUT2D eigenvalue weighted by molar-refractivity contribution is 6.15. The van der Waals surface area contributed by atoms with Gasteiger partial charge < -0.3 is 13.6 Å². The van der Waals surface area contributed by atoms with Crippen molar-refractivity contribution in [2.45, 2.75) is 24.7 Å². The quantitative estimate of drug-likeness (QED) is 0.149. The molecule has 19 rings (SSSR count). The highest BCUT2D eigenvalue weighted by Crippen LogP contribution is 2.58. The van der Waals surface area contributed by atoms with Gasteiger partial charge in [-0.05, 0) is 167 Å². The molecule has 3 nitrogen and oxygen atoms in total. The van der Waals surface area contributed by atoms with E-state index in [0.717, 1.165) is 55.6 Å². The lowest BCUT2D eigenvalue weighted by atomic mass is 9.67. The Morgan fingerprint density at radius 1 is 0.264 bits per heavy atom. The summed E-state index contributed by atoms with van der Waals surface area (Å²) < 4.78 is 11.6. The normalized spacial score (nSPS) is 13.6. The molecule has 3 heterocycles. The van der Waals surface area contributed by atoms with Gasteiger partial charge >= 0.3 is 0 Å². The van der Waals surface area contributed by atoms with E-state index < -0.39 is 5.41 Å². The second-order valence-electron chi connectivity index (χ2n) is 25.5. The molecule has 3 heteroatoms. The summed E-state index contributed by atoms with van der Waals surface area (Å²) in [6.45, 7) is 4.81. The first-order valence-electron chi connectivity index (χ1n) is 31.7. The molecule has 0 saturated heterocycles. The third-order valence-corrected chi connectivity index (χ3v) is 20.4. The maximum absolute atomic E-state index is 6.58. The second-order valence-corrected chi connectivity index (χ2v) is 25.5. The van der Waals surface area contributed by atoms with E-state index in [9.17, 15) is 0 Å². The molecule has 0 atom stereocenters. The van der Waals surface area contributed by atoms with Crippen LogP contribution in [0.2, 0.25) is 0 Å². The zero-order valence-electron chi connectivity index (χ0n) is 50.3. The molecule has 0 N–H and O–H groups in total. The Kier molecular flexibility index (Phi) is 11.0. The van der Waals surface area contributed by atoms with Gasteiger partial charge in [0.05, 0.1) is 27.5 Å². The lowest BCUT2D eigenvalue weighted by Crippen LogP contribution is -2.28. The van der Waals surface area contributed by atoms with Crippen molar-refractivity contribution in [2.75, 3.05) is 0 Å². The maximum atomic E-state index is 6.58. The second kappa shape index (κ2) is 19.5. The van der Waals surface area contributed by atoms with Crippen molar-refractivity contribution in [3.05, 3.63) is 349 Å². The number of benzene rings is 14. The van der Waals surface area contributed by atoms with E-state index in [4.69, 9.17) is 4.42 Å². The lowest BCUT2D eigenvalue weighted by Gasteiger charge is -2.34. The zero-order chi connectivity index (χ0) is 60.1. The Morgan fingerprint density at radius 2 is 0.758 bits per heavy atom. The van der Waals surface area contributed by atoms with Crippen LogP contribution in [-0.4, -0.2) is 9.13 Å². The van der Waals surface area contributed by atoms with Crippen LogP contribution in [0.3, 0.4) is 0 Å². The van der Waals surface area contributed by atoms with Crippen molar-refractivity contribution in [2.24, 2.45) is 0 Å². The highest BCUT2D eigenvalue weighted by Gasteiger charge is 2.47. The number of nitrogens with zero attached hydrogens (tertiary/aromatic N) is 2. The Balaban J connectivity index is 0.748. The minimum Gasteiger partial charge on any atom is -0.455 e. The topological polar surface area (TPSA) is 23.0 Å². The summed E-state index contributed by atoms with van der Waals surface area (Å²) in [6, 6.07) is 117. The summed E-state index contributed by atoms with van der Waals surface area (Å²) >= 11 is 0. The van der Waals surface area contributed by atoms with Crippen LogP contribution < -0.4 is 0 Å². The number of furan rings is 1. The number of para-hydroxylation sites is 4. The number of hydrogen-bond donors (Lipinski definition) is 0. The van der Waals surface area contributed by atoms with Gasteiger partial charge in [0.25, 0.3) is 0 Å². The van der Waals surface area contributed by atoms with Crippen molar-refractivity contribution in [3.63, 3.8) is 0 Å². The van der Waals surface area contributed by atoms with Crippen LogP contribution in [-0.2, 0) is 10.8 Å². The highest BCUT2D eigenvalue weighted by atomic mass is 16.3. The van der Waals surface area contributed by atoms with E-state index in [1.54, 1.807) is 0 Å².